The van der Waals surface area contributed by atoms with Crippen LogP contribution in [-0.2, 0) is 14.3 Å². The predicted octanol–water partition coefficient (Wildman–Crippen LogP) is 0.00310. The van der Waals surface area contributed by atoms with Crippen molar-refractivity contribution in [2.45, 2.75) is 20.3 Å². The van der Waals surface area contributed by atoms with Crippen LogP contribution in [0.25, 0.3) is 0 Å². The molecule has 0 aromatic carbocycles. The number of ether oxygens (including phenoxy) is 1. The van der Waals surface area contributed by atoms with Gasteiger partial charge in [0.1, 0.15) is 0 Å². The average Bonchev–Trinajstić information content (AvgIpc) is 1.87. The third-order valence-electron chi connectivity index (χ3n) is 1.33. The van der Waals surface area contributed by atoms with Crippen molar-refractivity contribution in [3.05, 3.63) is 0 Å². The first-order chi connectivity index (χ1) is 5.07. The van der Waals surface area contributed by atoms with Gasteiger partial charge >= 0.3 is 73.8 Å². The van der Waals surface area contributed by atoms with Gasteiger partial charge in [-0.05, 0) is 0 Å². The number of carbonyl (C=O) groups is 2. The van der Waals surface area contributed by atoms with Crippen molar-refractivity contribution >= 4 is 26.7 Å². The summed E-state index contributed by atoms with van der Waals surface area (Å²) < 4.78 is 4.70. The van der Waals surface area contributed by atoms with Gasteiger partial charge in [-0.3, -0.25) is 0 Å². The van der Waals surface area contributed by atoms with Gasteiger partial charge in [-0.25, -0.2) is 0 Å². The van der Waals surface area contributed by atoms with Gasteiger partial charge in [0.05, 0.1) is 0 Å². The second-order valence-electron chi connectivity index (χ2n) is 2.25. The van der Waals surface area contributed by atoms with Crippen LogP contribution in [0, 0.1) is 5.92 Å². The molecule has 0 radical (unpaired) electrons. The van der Waals surface area contributed by atoms with Crippen LogP contribution in [0.1, 0.15) is 20.3 Å². The van der Waals surface area contributed by atoms with Gasteiger partial charge in [-0.1, -0.05) is 0 Å². The first kappa shape index (κ1) is 10.7. The summed E-state index contributed by atoms with van der Waals surface area (Å²) in [5.41, 5.74) is 0. The molecule has 0 aliphatic rings. The Hall–Kier alpha value is -0.341. The van der Waals surface area contributed by atoms with Crippen molar-refractivity contribution in [1.29, 1.82) is 0 Å². The summed E-state index contributed by atoms with van der Waals surface area (Å²) in [6.45, 7) is 3.43. The molecule has 0 saturated heterocycles. The Morgan fingerprint density at radius 2 is 2.09 bits per heavy atom. The molecule has 11 heavy (non-hydrogen) atoms. The Bertz CT molecular complexity index is 156. The first-order valence-electron chi connectivity index (χ1n) is 3.44. The van der Waals surface area contributed by atoms with Crippen LogP contribution in [0.5, 0.6) is 0 Å². The van der Waals surface area contributed by atoms with E-state index in [4.69, 9.17) is 0 Å². The number of rotatable bonds is 4. The van der Waals surface area contributed by atoms with E-state index in [1.807, 2.05) is 22.9 Å². The molecule has 0 amide bonds. The molecular formula is C7H12O3Se. The van der Waals surface area contributed by atoms with Crippen molar-refractivity contribution < 1.29 is 14.3 Å². The van der Waals surface area contributed by atoms with Crippen LogP contribution in [0.2, 0.25) is 0 Å². The second kappa shape index (κ2) is 5.33. The van der Waals surface area contributed by atoms with Crippen LogP contribution in [0.4, 0.5) is 0 Å². The molecule has 1 atom stereocenters. The Labute approximate surface area is 74.3 Å². The van der Waals surface area contributed by atoms with E-state index in [0.29, 0.717) is 6.42 Å². The molecule has 0 aromatic rings. The molecule has 0 bridgehead atoms. The average molecular weight is 223 g/mol. The Balaban J connectivity index is 3.70. The maximum absolute atomic E-state index is 10.8. The molecule has 0 aliphatic carbocycles. The van der Waals surface area contributed by atoms with Crippen molar-refractivity contribution in [1.82, 2.24) is 0 Å². The zero-order chi connectivity index (χ0) is 8.85. The monoisotopic (exact) mass is 224 g/mol. The third kappa shape index (κ3) is 4.99. The minimum absolute atomic E-state index is 0.0150. The summed E-state index contributed by atoms with van der Waals surface area (Å²) in [5.74, 6) is -0.490. The summed E-state index contributed by atoms with van der Waals surface area (Å²) in [4.78, 5) is 21.1. The molecule has 1 unspecified atom stereocenters. The summed E-state index contributed by atoms with van der Waals surface area (Å²) in [6, 6.07) is 0. The zero-order valence-corrected chi connectivity index (χ0v) is 8.54. The zero-order valence-electron chi connectivity index (χ0n) is 6.66. The molecule has 0 aliphatic heterocycles. The topological polar surface area (TPSA) is 43.4 Å². The van der Waals surface area contributed by atoms with E-state index in [2.05, 4.69) is 4.74 Å². The van der Waals surface area contributed by atoms with E-state index in [-0.39, 0.29) is 23.2 Å². The number of hydrogen-bond acceptors (Lipinski definition) is 3. The molecule has 0 N–H and O–H groups in total. The van der Waals surface area contributed by atoms with E-state index in [9.17, 15) is 9.59 Å². The van der Waals surface area contributed by atoms with Crippen molar-refractivity contribution in [3.8, 4) is 0 Å². The Kier molecular flexibility index (Phi) is 5.16. The quantitative estimate of drug-likeness (QED) is 0.498. The number of esters is 1. The molecule has 64 valence electrons. The summed E-state index contributed by atoms with van der Waals surface area (Å²) in [7, 11) is 0. The van der Waals surface area contributed by atoms with Gasteiger partial charge in [0.15, 0.2) is 0 Å². The van der Waals surface area contributed by atoms with Gasteiger partial charge < -0.3 is 0 Å². The molecule has 0 rings (SSSR count). The SMILES string of the molecule is CCC(COC(C)=O)C(=O)[SeH]. The molecular weight excluding hydrogens is 211 g/mol. The first-order valence-corrected chi connectivity index (χ1v) is 4.38. The van der Waals surface area contributed by atoms with Crippen LogP contribution in [-0.4, -0.2) is 33.3 Å². The third-order valence-corrected chi connectivity index (χ3v) is 2.10. The van der Waals surface area contributed by atoms with Gasteiger partial charge in [-0.2, -0.15) is 0 Å². The molecule has 4 heteroatoms. The fourth-order valence-corrected chi connectivity index (χ4v) is 1.12. The van der Waals surface area contributed by atoms with Crippen LogP contribution in [0.3, 0.4) is 0 Å². The van der Waals surface area contributed by atoms with Crippen molar-refractivity contribution in [2.24, 2.45) is 5.92 Å². The standard InChI is InChI=1S/C7H12O3Se/c1-3-6(7(9)11)4-10-5(2)8/h6H,3-4H2,1-2H3,(H,9,11). The van der Waals surface area contributed by atoms with E-state index >= 15 is 0 Å². The Morgan fingerprint density at radius 1 is 1.55 bits per heavy atom. The molecule has 0 spiro atoms. The predicted molar refractivity (Wildman–Crippen MR) is 42.6 cm³/mol. The van der Waals surface area contributed by atoms with Crippen LogP contribution >= 0.6 is 0 Å². The van der Waals surface area contributed by atoms with Crippen molar-refractivity contribution in [2.75, 3.05) is 6.61 Å². The summed E-state index contributed by atoms with van der Waals surface area (Å²) >= 11 is 1.95. The molecule has 0 fully saturated rings. The molecule has 3 nitrogen and oxygen atoms in total. The Morgan fingerprint density at radius 3 is 2.36 bits per heavy atom. The summed E-state index contributed by atoms with van der Waals surface area (Å²) in [5, 5.41) is 0. The number of hydrogen-bond donors (Lipinski definition) is 0. The molecule has 0 heterocycles. The molecule has 0 aromatic heterocycles. The van der Waals surface area contributed by atoms with Crippen LogP contribution < -0.4 is 0 Å². The van der Waals surface area contributed by atoms with E-state index in [1.165, 1.54) is 6.92 Å². The van der Waals surface area contributed by atoms with Crippen molar-refractivity contribution in [3.63, 3.8) is 0 Å². The second-order valence-corrected chi connectivity index (χ2v) is 3.17. The molecule has 0 saturated carbocycles. The summed E-state index contributed by atoms with van der Waals surface area (Å²) in [6.07, 6.45) is 0.709. The van der Waals surface area contributed by atoms with Crippen LogP contribution in [0.15, 0.2) is 0 Å². The fourth-order valence-electron chi connectivity index (χ4n) is 0.582. The van der Waals surface area contributed by atoms with E-state index in [1.54, 1.807) is 0 Å². The van der Waals surface area contributed by atoms with E-state index in [0.717, 1.165) is 0 Å². The van der Waals surface area contributed by atoms with E-state index < -0.39 is 0 Å². The fraction of sp³-hybridized carbons (Fsp3) is 0.714. The van der Waals surface area contributed by atoms with Gasteiger partial charge in [0.2, 0.25) is 0 Å². The minimum atomic E-state index is -0.336. The maximum atomic E-state index is 10.8. The normalized spacial score (nSPS) is 12.3. The van der Waals surface area contributed by atoms with Gasteiger partial charge in [-0.15, -0.1) is 0 Å². The van der Waals surface area contributed by atoms with Gasteiger partial charge in [0.25, 0.3) is 0 Å². The van der Waals surface area contributed by atoms with Gasteiger partial charge in [0, 0.05) is 0 Å². The number of carbonyl (C=O) groups excluding carboxylic acids is 2.